The van der Waals surface area contributed by atoms with E-state index in [1.807, 2.05) is 0 Å². The normalized spacial score (nSPS) is 18.5. The first-order chi connectivity index (χ1) is 8.97. The second-order valence-electron chi connectivity index (χ2n) is 4.16. The number of likely N-dealkylation sites (tertiary alicyclic amines) is 1. The van der Waals surface area contributed by atoms with Gasteiger partial charge in [-0.2, -0.15) is 0 Å². The average Bonchev–Trinajstić information content (AvgIpc) is 2.74. The zero-order chi connectivity index (χ0) is 14.0. The lowest BCUT2D eigenvalue weighted by atomic mass is 10.2. The number of benzene rings is 1. The van der Waals surface area contributed by atoms with Gasteiger partial charge in [-0.05, 0) is 24.3 Å². The maximum atomic E-state index is 11.9. The first kappa shape index (κ1) is 13.4. The highest BCUT2D eigenvalue weighted by Gasteiger charge is 2.38. The summed E-state index contributed by atoms with van der Waals surface area (Å²) in [7, 11) is 0. The number of nitrogens with zero attached hydrogens (tertiary/aromatic N) is 1. The molecule has 0 aliphatic carbocycles. The van der Waals surface area contributed by atoms with Gasteiger partial charge in [0.05, 0.1) is 6.54 Å². The van der Waals surface area contributed by atoms with Crippen LogP contribution >= 0.6 is 11.6 Å². The van der Waals surface area contributed by atoms with E-state index in [1.54, 1.807) is 24.3 Å². The van der Waals surface area contributed by atoms with Gasteiger partial charge in [0.2, 0.25) is 0 Å². The number of carbonyl (C=O) groups is 3. The molecule has 1 aromatic rings. The smallest absolute Gasteiger partial charge is 0.326 e. The molecule has 0 aromatic heterocycles. The molecule has 0 spiro atoms. The van der Waals surface area contributed by atoms with Gasteiger partial charge >= 0.3 is 12.0 Å². The van der Waals surface area contributed by atoms with Gasteiger partial charge in [-0.3, -0.25) is 4.79 Å². The number of ketones is 1. The van der Waals surface area contributed by atoms with Gasteiger partial charge in [-0.25, -0.2) is 9.59 Å². The van der Waals surface area contributed by atoms with Gasteiger partial charge in [-0.1, -0.05) is 11.6 Å². The highest BCUT2D eigenvalue weighted by Crippen LogP contribution is 2.18. The Morgan fingerprint density at radius 2 is 1.95 bits per heavy atom. The van der Waals surface area contributed by atoms with Gasteiger partial charge in [0.1, 0.15) is 6.04 Å². The Hall–Kier alpha value is -2.08. The third-order valence-corrected chi connectivity index (χ3v) is 3.04. The van der Waals surface area contributed by atoms with E-state index in [-0.39, 0.29) is 18.7 Å². The number of carboxylic acids is 1. The van der Waals surface area contributed by atoms with Crippen molar-refractivity contribution >= 4 is 35.1 Å². The Kier molecular flexibility index (Phi) is 3.71. The van der Waals surface area contributed by atoms with Crippen molar-refractivity contribution in [1.82, 2.24) is 4.90 Å². The monoisotopic (exact) mass is 282 g/mol. The molecule has 1 aliphatic heterocycles. The van der Waals surface area contributed by atoms with Gasteiger partial charge in [-0.15, -0.1) is 0 Å². The van der Waals surface area contributed by atoms with Gasteiger partial charge in [0.15, 0.2) is 5.78 Å². The highest BCUT2D eigenvalue weighted by molar-refractivity contribution is 6.30. The molecule has 0 bridgehead atoms. The minimum atomic E-state index is -1.18. The van der Waals surface area contributed by atoms with E-state index in [2.05, 4.69) is 5.32 Å². The van der Waals surface area contributed by atoms with Crippen LogP contribution in [0.3, 0.4) is 0 Å². The minimum Gasteiger partial charge on any atom is -0.480 e. The molecule has 1 heterocycles. The van der Waals surface area contributed by atoms with Crippen molar-refractivity contribution in [1.29, 1.82) is 0 Å². The lowest BCUT2D eigenvalue weighted by Gasteiger charge is -2.20. The van der Waals surface area contributed by atoms with E-state index >= 15 is 0 Å². The molecule has 0 unspecified atom stereocenters. The predicted octanol–water partition coefficient (Wildman–Crippen LogP) is 1.60. The van der Waals surface area contributed by atoms with Crippen LogP contribution in [-0.4, -0.2) is 40.4 Å². The molecule has 2 rings (SSSR count). The molecule has 1 aliphatic rings. The molecule has 100 valence electrons. The van der Waals surface area contributed by atoms with Gasteiger partial charge < -0.3 is 15.3 Å². The number of hydrogen-bond acceptors (Lipinski definition) is 3. The number of amides is 2. The number of Topliss-reactive ketones (excluding diaryl/α,β-unsaturated/α-hetero) is 1. The molecular weight excluding hydrogens is 272 g/mol. The maximum Gasteiger partial charge on any atom is 0.326 e. The van der Waals surface area contributed by atoms with Crippen molar-refractivity contribution in [2.75, 3.05) is 11.9 Å². The highest BCUT2D eigenvalue weighted by atomic mass is 35.5. The second-order valence-corrected chi connectivity index (χ2v) is 4.60. The van der Waals surface area contributed by atoms with Crippen molar-refractivity contribution in [3.63, 3.8) is 0 Å². The summed E-state index contributed by atoms with van der Waals surface area (Å²) in [4.78, 5) is 35.2. The van der Waals surface area contributed by atoms with Crippen LogP contribution in [0.1, 0.15) is 6.42 Å². The number of carboxylic acid groups (broad SMARTS) is 1. The predicted molar refractivity (Wildman–Crippen MR) is 68.2 cm³/mol. The Morgan fingerprint density at radius 1 is 1.32 bits per heavy atom. The van der Waals surface area contributed by atoms with Crippen LogP contribution in [0.2, 0.25) is 5.02 Å². The van der Waals surface area contributed by atoms with Crippen LogP contribution in [0.4, 0.5) is 10.5 Å². The number of anilines is 1. The molecular formula is C12H11ClN2O4. The number of nitrogens with one attached hydrogen (secondary N) is 1. The number of rotatable bonds is 2. The van der Waals surface area contributed by atoms with Crippen LogP contribution in [0, 0.1) is 0 Å². The topological polar surface area (TPSA) is 86.7 Å². The third kappa shape index (κ3) is 3.03. The summed E-state index contributed by atoms with van der Waals surface area (Å²) in [5.41, 5.74) is 0.484. The molecule has 7 heteroatoms. The molecule has 1 aromatic carbocycles. The molecule has 0 radical (unpaired) electrons. The number of halogens is 1. The van der Waals surface area contributed by atoms with Crippen molar-refractivity contribution in [3.05, 3.63) is 29.3 Å². The average molecular weight is 283 g/mol. The molecule has 19 heavy (non-hydrogen) atoms. The fraction of sp³-hybridized carbons (Fsp3) is 0.250. The Labute approximate surface area is 114 Å². The molecule has 0 saturated carbocycles. The fourth-order valence-corrected chi connectivity index (χ4v) is 1.98. The summed E-state index contributed by atoms with van der Waals surface area (Å²) >= 11 is 5.71. The number of hydrogen-bond donors (Lipinski definition) is 2. The molecule has 6 nitrogen and oxygen atoms in total. The van der Waals surface area contributed by atoms with Crippen molar-refractivity contribution in [2.24, 2.45) is 0 Å². The van der Waals surface area contributed by atoms with E-state index in [4.69, 9.17) is 16.7 Å². The van der Waals surface area contributed by atoms with E-state index in [0.29, 0.717) is 10.7 Å². The second kappa shape index (κ2) is 5.27. The summed E-state index contributed by atoms with van der Waals surface area (Å²) in [5.74, 6) is -1.45. The lowest BCUT2D eigenvalue weighted by Crippen LogP contribution is -2.42. The minimum absolute atomic E-state index is 0.149. The van der Waals surface area contributed by atoms with Crippen LogP contribution in [0.25, 0.3) is 0 Å². The first-order valence-corrected chi connectivity index (χ1v) is 5.93. The zero-order valence-corrected chi connectivity index (χ0v) is 10.6. The SMILES string of the molecule is O=C1C[C@H](C(=O)O)N(C(=O)Nc2ccc(Cl)cc2)C1. The van der Waals surface area contributed by atoms with Crippen LogP contribution in [0.5, 0.6) is 0 Å². The maximum absolute atomic E-state index is 11.9. The molecule has 2 amide bonds. The first-order valence-electron chi connectivity index (χ1n) is 5.55. The quantitative estimate of drug-likeness (QED) is 0.862. The van der Waals surface area contributed by atoms with E-state index in [0.717, 1.165) is 4.90 Å². The molecule has 1 saturated heterocycles. The zero-order valence-electron chi connectivity index (χ0n) is 9.80. The summed E-state index contributed by atoms with van der Waals surface area (Å²) < 4.78 is 0. The summed E-state index contributed by atoms with van der Waals surface area (Å²) in [6.45, 7) is -0.184. The Bertz CT molecular complexity index is 529. The number of urea groups is 1. The Balaban J connectivity index is 2.08. The van der Waals surface area contributed by atoms with E-state index in [1.165, 1.54) is 0 Å². The van der Waals surface area contributed by atoms with Crippen molar-refractivity contribution in [2.45, 2.75) is 12.5 Å². The fourth-order valence-electron chi connectivity index (χ4n) is 1.85. The Morgan fingerprint density at radius 3 is 2.53 bits per heavy atom. The third-order valence-electron chi connectivity index (χ3n) is 2.79. The summed E-state index contributed by atoms with van der Waals surface area (Å²) in [6.07, 6.45) is -0.149. The van der Waals surface area contributed by atoms with Crippen molar-refractivity contribution in [3.8, 4) is 0 Å². The van der Waals surface area contributed by atoms with Crippen LogP contribution < -0.4 is 5.32 Å². The van der Waals surface area contributed by atoms with E-state index in [9.17, 15) is 14.4 Å². The summed E-state index contributed by atoms with van der Waals surface area (Å²) in [5, 5.41) is 12.0. The number of carbonyl (C=O) groups excluding carboxylic acids is 2. The molecule has 1 atom stereocenters. The molecule has 2 N–H and O–H groups in total. The van der Waals surface area contributed by atoms with Crippen LogP contribution in [0.15, 0.2) is 24.3 Å². The van der Waals surface area contributed by atoms with Crippen molar-refractivity contribution < 1.29 is 19.5 Å². The lowest BCUT2D eigenvalue weighted by molar-refractivity contribution is -0.141. The van der Waals surface area contributed by atoms with E-state index < -0.39 is 18.0 Å². The molecule has 1 fully saturated rings. The van der Waals surface area contributed by atoms with Crippen LogP contribution in [-0.2, 0) is 9.59 Å². The number of aliphatic carboxylic acids is 1. The summed E-state index contributed by atoms with van der Waals surface area (Å²) in [6, 6.07) is 4.67. The standard InChI is InChI=1S/C12H11ClN2O4/c13-7-1-3-8(4-2-7)14-12(19)15-6-9(16)5-10(15)11(17)18/h1-4,10H,5-6H2,(H,14,19)(H,17,18)/t10-/m1/s1. The largest absolute Gasteiger partial charge is 0.480 e. The van der Waals surface area contributed by atoms with Gasteiger partial charge in [0, 0.05) is 17.1 Å². The van der Waals surface area contributed by atoms with Gasteiger partial charge in [0.25, 0.3) is 0 Å².